The molecule has 2 heterocycles. The number of aryl methyl sites for hydroxylation is 1. The van der Waals surface area contributed by atoms with Crippen molar-refractivity contribution in [2.24, 2.45) is 0 Å². The molecule has 1 N–H and O–H groups in total. The lowest BCUT2D eigenvalue weighted by Crippen LogP contribution is -2.37. The topological polar surface area (TPSA) is 91.8 Å². The molecule has 0 aliphatic carbocycles. The second-order valence-corrected chi connectivity index (χ2v) is 9.67. The van der Waals surface area contributed by atoms with Crippen LogP contribution in [0.25, 0.3) is 0 Å². The number of benzene rings is 3. The van der Waals surface area contributed by atoms with Crippen LogP contribution in [0.2, 0.25) is 0 Å². The predicted octanol–water partition coefficient (Wildman–Crippen LogP) is 4.50. The molecule has 8 nitrogen and oxygen atoms in total. The average molecular weight is 547 g/mol. The molecule has 1 aliphatic rings. The van der Waals surface area contributed by atoms with E-state index < -0.39 is 35.4 Å². The van der Waals surface area contributed by atoms with Crippen LogP contribution in [-0.4, -0.2) is 42.7 Å². The summed E-state index contributed by atoms with van der Waals surface area (Å²) in [5.41, 5.74) is 0.520. The lowest BCUT2D eigenvalue weighted by molar-refractivity contribution is -0.0868. The van der Waals surface area contributed by atoms with Gasteiger partial charge in [-0.3, -0.25) is 14.3 Å². The van der Waals surface area contributed by atoms with Gasteiger partial charge in [0.05, 0.1) is 20.8 Å². The Kier molecular flexibility index (Phi) is 7.86. The minimum atomic E-state index is -1.40. The SMILES string of the molecule is COc1ccc(C(OCC2OC(n3cc(C)c(=O)[nH]c3=O)CC2F)(c2ccccc2)c2ccc(OC)cc2)cc1. The zero-order valence-electron chi connectivity index (χ0n) is 22.5. The Morgan fingerprint density at radius 3 is 2.00 bits per heavy atom. The zero-order valence-corrected chi connectivity index (χ0v) is 22.5. The van der Waals surface area contributed by atoms with Gasteiger partial charge in [-0.25, -0.2) is 9.18 Å². The summed E-state index contributed by atoms with van der Waals surface area (Å²) in [5, 5.41) is 0. The van der Waals surface area contributed by atoms with E-state index in [0.717, 1.165) is 16.7 Å². The van der Waals surface area contributed by atoms with Crippen LogP contribution in [0.1, 0.15) is 34.9 Å². The summed E-state index contributed by atoms with van der Waals surface area (Å²) in [6.45, 7) is 1.47. The quantitative estimate of drug-likeness (QED) is 0.311. The summed E-state index contributed by atoms with van der Waals surface area (Å²) < 4.78 is 40.1. The molecule has 3 atom stereocenters. The van der Waals surface area contributed by atoms with Gasteiger partial charge in [-0.1, -0.05) is 54.6 Å². The van der Waals surface area contributed by atoms with Crippen LogP contribution in [-0.2, 0) is 15.1 Å². The number of aromatic amines is 1. The summed E-state index contributed by atoms with van der Waals surface area (Å²) in [6.07, 6.45) is -1.89. The highest BCUT2D eigenvalue weighted by atomic mass is 19.1. The molecule has 0 saturated carbocycles. The third kappa shape index (κ3) is 5.17. The van der Waals surface area contributed by atoms with Gasteiger partial charge in [-0.05, 0) is 47.9 Å². The van der Waals surface area contributed by atoms with Crippen molar-refractivity contribution < 1.29 is 23.3 Å². The third-order valence-electron chi connectivity index (χ3n) is 7.26. The first-order valence-electron chi connectivity index (χ1n) is 13.0. The summed E-state index contributed by atoms with van der Waals surface area (Å²) in [6, 6.07) is 24.8. The lowest BCUT2D eigenvalue weighted by atomic mass is 9.80. The van der Waals surface area contributed by atoms with Gasteiger partial charge in [0.1, 0.15) is 35.6 Å². The number of ether oxygens (including phenoxy) is 4. The minimum Gasteiger partial charge on any atom is -0.497 e. The van der Waals surface area contributed by atoms with Crippen LogP contribution >= 0.6 is 0 Å². The van der Waals surface area contributed by atoms with Crippen LogP contribution in [0.5, 0.6) is 11.5 Å². The fraction of sp³-hybridized carbons (Fsp3) is 0.290. The van der Waals surface area contributed by atoms with Crippen molar-refractivity contribution in [3.05, 3.63) is 128 Å². The molecule has 0 amide bonds. The van der Waals surface area contributed by atoms with Gasteiger partial charge in [0.2, 0.25) is 0 Å². The third-order valence-corrected chi connectivity index (χ3v) is 7.26. The first-order valence-corrected chi connectivity index (χ1v) is 13.0. The summed E-state index contributed by atoms with van der Waals surface area (Å²) in [4.78, 5) is 26.5. The van der Waals surface area contributed by atoms with E-state index in [-0.39, 0.29) is 13.0 Å². The molecule has 3 unspecified atom stereocenters. The Morgan fingerprint density at radius 1 is 0.900 bits per heavy atom. The molecule has 0 radical (unpaired) electrons. The van der Waals surface area contributed by atoms with E-state index in [1.807, 2.05) is 78.9 Å². The molecule has 0 spiro atoms. The number of aromatic nitrogens is 2. The molecular weight excluding hydrogens is 515 g/mol. The number of hydrogen-bond donors (Lipinski definition) is 1. The number of nitrogens with zero attached hydrogens (tertiary/aromatic N) is 1. The summed E-state index contributed by atoms with van der Waals surface area (Å²) in [5.74, 6) is 1.38. The van der Waals surface area contributed by atoms with Gasteiger partial charge in [0.25, 0.3) is 5.56 Å². The molecule has 4 aromatic rings. The molecule has 0 bridgehead atoms. The Bertz CT molecular complexity index is 1500. The Balaban J connectivity index is 1.54. The molecule has 208 valence electrons. The molecule has 3 aromatic carbocycles. The van der Waals surface area contributed by atoms with Crippen molar-refractivity contribution in [1.29, 1.82) is 0 Å². The van der Waals surface area contributed by atoms with E-state index in [2.05, 4.69) is 4.98 Å². The fourth-order valence-electron chi connectivity index (χ4n) is 5.09. The Morgan fingerprint density at radius 2 is 1.45 bits per heavy atom. The number of hydrogen-bond acceptors (Lipinski definition) is 6. The highest BCUT2D eigenvalue weighted by Gasteiger charge is 2.42. The first kappa shape index (κ1) is 27.4. The van der Waals surface area contributed by atoms with Crippen LogP contribution < -0.4 is 20.7 Å². The number of H-pyrrole nitrogens is 1. The van der Waals surface area contributed by atoms with Crippen molar-refractivity contribution in [1.82, 2.24) is 9.55 Å². The van der Waals surface area contributed by atoms with E-state index in [4.69, 9.17) is 18.9 Å². The highest BCUT2D eigenvalue weighted by molar-refractivity contribution is 5.49. The number of halogens is 1. The Labute approximate surface area is 230 Å². The molecule has 1 aromatic heterocycles. The number of rotatable bonds is 9. The van der Waals surface area contributed by atoms with Crippen molar-refractivity contribution in [2.45, 2.75) is 37.4 Å². The van der Waals surface area contributed by atoms with Crippen LogP contribution in [0, 0.1) is 6.92 Å². The van der Waals surface area contributed by atoms with Gasteiger partial charge >= 0.3 is 5.69 Å². The number of methoxy groups -OCH3 is 2. The molecule has 5 rings (SSSR count). The molecule has 1 saturated heterocycles. The second kappa shape index (κ2) is 11.5. The van der Waals surface area contributed by atoms with Crippen molar-refractivity contribution in [3.63, 3.8) is 0 Å². The summed E-state index contributed by atoms with van der Waals surface area (Å²) in [7, 11) is 3.20. The maximum absolute atomic E-state index is 15.4. The van der Waals surface area contributed by atoms with Crippen molar-refractivity contribution >= 4 is 0 Å². The smallest absolute Gasteiger partial charge is 0.330 e. The van der Waals surface area contributed by atoms with E-state index in [0.29, 0.717) is 17.1 Å². The van der Waals surface area contributed by atoms with Gasteiger partial charge in [0, 0.05) is 18.2 Å². The van der Waals surface area contributed by atoms with Gasteiger partial charge in [0.15, 0.2) is 0 Å². The molecule has 1 aliphatic heterocycles. The number of alkyl halides is 1. The van der Waals surface area contributed by atoms with Crippen LogP contribution in [0.15, 0.2) is 94.6 Å². The van der Waals surface area contributed by atoms with Crippen molar-refractivity contribution in [2.75, 3.05) is 20.8 Å². The van der Waals surface area contributed by atoms with E-state index in [1.54, 1.807) is 21.1 Å². The lowest BCUT2D eigenvalue weighted by Gasteiger charge is -2.37. The molecule has 40 heavy (non-hydrogen) atoms. The first-order chi connectivity index (χ1) is 19.3. The standard InChI is InChI=1S/C31H31FN2O6/c1-20-18-34(30(36)33-29(20)35)28-17-26(32)27(40-28)19-39-31(21-7-5-4-6-8-21,22-9-13-24(37-2)14-10-22)23-11-15-25(38-3)16-12-23/h4-16,18,26-28H,17,19H2,1-3H3,(H,33,35,36). The van der Waals surface area contributed by atoms with Crippen LogP contribution in [0.3, 0.4) is 0 Å². The van der Waals surface area contributed by atoms with Crippen molar-refractivity contribution in [3.8, 4) is 11.5 Å². The largest absolute Gasteiger partial charge is 0.497 e. The second-order valence-electron chi connectivity index (χ2n) is 9.67. The molecule has 9 heteroatoms. The minimum absolute atomic E-state index is 0.0528. The highest BCUT2D eigenvalue weighted by Crippen LogP contribution is 2.43. The number of nitrogens with one attached hydrogen (secondary N) is 1. The average Bonchev–Trinajstić information content (AvgIpc) is 3.36. The maximum Gasteiger partial charge on any atom is 0.330 e. The van der Waals surface area contributed by atoms with E-state index in [9.17, 15) is 9.59 Å². The van der Waals surface area contributed by atoms with E-state index in [1.165, 1.54) is 10.8 Å². The monoisotopic (exact) mass is 546 g/mol. The zero-order chi connectivity index (χ0) is 28.3. The molecular formula is C31H31FN2O6. The van der Waals surface area contributed by atoms with E-state index >= 15 is 4.39 Å². The summed E-state index contributed by atoms with van der Waals surface area (Å²) >= 11 is 0. The maximum atomic E-state index is 15.4. The normalized spacial score (nSPS) is 18.9. The predicted molar refractivity (Wildman–Crippen MR) is 148 cm³/mol. The van der Waals surface area contributed by atoms with Gasteiger partial charge < -0.3 is 18.9 Å². The molecule has 1 fully saturated rings. The van der Waals surface area contributed by atoms with Gasteiger partial charge in [-0.15, -0.1) is 0 Å². The fourth-order valence-corrected chi connectivity index (χ4v) is 5.09. The Hall–Kier alpha value is -4.21. The van der Waals surface area contributed by atoms with Crippen LogP contribution in [0.4, 0.5) is 4.39 Å². The van der Waals surface area contributed by atoms with Gasteiger partial charge in [-0.2, -0.15) is 0 Å².